The number of amides is 2. The number of nitrogens with one attached hydrogen (secondary N) is 2. The highest BCUT2D eigenvalue weighted by atomic mass is 16.7. The molecule has 17 heteroatoms. The maximum atomic E-state index is 12.1. The number of rotatable bonds is 10. The van der Waals surface area contributed by atoms with Crippen LogP contribution < -0.4 is 10.6 Å². The molecule has 11 atom stereocenters. The number of aliphatic hydroxyl groups excluding tert-OH is 8. The highest BCUT2D eigenvalue weighted by Crippen LogP contribution is 2.34. The van der Waals surface area contributed by atoms with Crippen LogP contribution in [-0.4, -0.2) is 150 Å². The molecule has 0 aromatic heterocycles. The number of carboxylic acids is 1. The highest BCUT2D eigenvalue weighted by molar-refractivity contribution is 5.78. The Hall–Kier alpha value is -2.03. The van der Waals surface area contributed by atoms with Crippen LogP contribution in [0.1, 0.15) is 13.3 Å². The van der Waals surface area contributed by atoms with E-state index in [1.165, 1.54) is 0 Å². The van der Waals surface area contributed by atoms with E-state index >= 15 is 0 Å². The van der Waals surface area contributed by atoms with E-state index in [2.05, 4.69) is 10.6 Å². The van der Waals surface area contributed by atoms with Gasteiger partial charge in [-0.1, -0.05) is 0 Å². The zero-order valence-corrected chi connectivity index (χ0v) is 19.1. The van der Waals surface area contributed by atoms with Gasteiger partial charge < -0.3 is 70.8 Å². The van der Waals surface area contributed by atoms with Crippen molar-refractivity contribution < 1.29 is 74.6 Å². The van der Waals surface area contributed by atoms with E-state index in [1.54, 1.807) is 0 Å². The summed E-state index contributed by atoms with van der Waals surface area (Å²) in [5.74, 6) is -6.28. The van der Waals surface area contributed by atoms with E-state index in [1.807, 2.05) is 0 Å². The maximum Gasteiger partial charge on any atom is 0.364 e. The zero-order valence-electron chi connectivity index (χ0n) is 19.1. The second-order valence-corrected chi connectivity index (χ2v) is 8.49. The summed E-state index contributed by atoms with van der Waals surface area (Å²) in [6, 6.07) is -2.97. The smallest absolute Gasteiger partial charge is 0.364 e. The van der Waals surface area contributed by atoms with Gasteiger partial charge >= 0.3 is 5.97 Å². The second kappa shape index (κ2) is 12.5. The fourth-order valence-electron chi connectivity index (χ4n) is 3.97. The average molecular weight is 528 g/mol. The molecule has 2 amide bonds. The first-order valence-electron chi connectivity index (χ1n) is 10.8. The van der Waals surface area contributed by atoms with E-state index < -0.39 is 111 Å². The summed E-state index contributed by atoms with van der Waals surface area (Å²) in [5.41, 5.74) is 0. The van der Waals surface area contributed by atoms with Crippen molar-refractivity contribution in [3.05, 3.63) is 0 Å². The SMILES string of the molecule is CC(=O)N[C@H]1C(O)O[C@H](COC2(C(=O)O)C[C@H](O)[C@@H](NC(=O)CO)[C@H]([C@H](O)[C@H](O)CO)O2)[C@H](O)[C@@H]1O. The minimum absolute atomic E-state index is 0.643. The molecule has 36 heavy (non-hydrogen) atoms. The third-order valence-corrected chi connectivity index (χ3v) is 5.86. The van der Waals surface area contributed by atoms with Crippen LogP contribution in [0.15, 0.2) is 0 Å². The summed E-state index contributed by atoms with van der Waals surface area (Å²) in [7, 11) is 0. The lowest BCUT2D eigenvalue weighted by Crippen LogP contribution is -2.69. The lowest BCUT2D eigenvalue weighted by molar-refractivity contribution is -0.328. The molecule has 0 bridgehead atoms. The predicted molar refractivity (Wildman–Crippen MR) is 110 cm³/mol. The van der Waals surface area contributed by atoms with Crippen LogP contribution in [0, 0.1) is 0 Å². The molecule has 2 unspecified atom stereocenters. The summed E-state index contributed by atoms with van der Waals surface area (Å²) in [5, 5.41) is 93.7. The Kier molecular flexibility index (Phi) is 10.5. The Labute approximate surface area is 203 Å². The molecule has 0 spiro atoms. The minimum Gasteiger partial charge on any atom is -0.477 e. The van der Waals surface area contributed by atoms with E-state index in [0.29, 0.717) is 0 Å². The Morgan fingerprint density at radius 3 is 2.22 bits per heavy atom. The molecular formula is C19H32N2O15. The molecule has 2 fully saturated rings. The number of aliphatic carboxylic acids is 1. The van der Waals surface area contributed by atoms with Gasteiger partial charge in [-0.05, 0) is 0 Å². The van der Waals surface area contributed by atoms with Gasteiger partial charge in [0.15, 0.2) is 6.29 Å². The quantitative estimate of drug-likeness (QED) is 0.126. The van der Waals surface area contributed by atoms with Crippen LogP contribution in [0.5, 0.6) is 0 Å². The normalized spacial score (nSPS) is 38.6. The number of aliphatic hydroxyl groups is 8. The molecule has 2 aliphatic heterocycles. The van der Waals surface area contributed by atoms with Gasteiger partial charge in [0.1, 0.15) is 49.3 Å². The van der Waals surface area contributed by atoms with Crippen molar-refractivity contribution in [1.29, 1.82) is 0 Å². The van der Waals surface area contributed by atoms with Gasteiger partial charge in [-0.3, -0.25) is 9.59 Å². The van der Waals surface area contributed by atoms with Crippen LogP contribution >= 0.6 is 0 Å². The molecule has 0 radical (unpaired) electrons. The Bertz CT molecular complexity index is 786. The van der Waals surface area contributed by atoms with Gasteiger partial charge in [-0.15, -0.1) is 0 Å². The molecule has 0 saturated carbocycles. The van der Waals surface area contributed by atoms with Gasteiger partial charge in [0.25, 0.3) is 5.79 Å². The third-order valence-electron chi connectivity index (χ3n) is 5.86. The van der Waals surface area contributed by atoms with Crippen molar-refractivity contribution in [2.45, 2.75) is 80.2 Å². The molecule has 2 saturated heterocycles. The summed E-state index contributed by atoms with van der Waals surface area (Å²) in [6.07, 6.45) is -15.5. The summed E-state index contributed by atoms with van der Waals surface area (Å²) in [6.45, 7) is -1.80. The molecule has 2 rings (SSSR count). The van der Waals surface area contributed by atoms with Crippen molar-refractivity contribution in [2.75, 3.05) is 19.8 Å². The van der Waals surface area contributed by atoms with Crippen LogP contribution in [0.4, 0.5) is 0 Å². The Morgan fingerprint density at radius 1 is 1.06 bits per heavy atom. The summed E-state index contributed by atoms with van der Waals surface area (Å²) < 4.78 is 15.8. The summed E-state index contributed by atoms with van der Waals surface area (Å²) >= 11 is 0. The molecular weight excluding hydrogens is 496 g/mol. The van der Waals surface area contributed by atoms with Gasteiger partial charge in [0, 0.05) is 13.3 Å². The number of ether oxygens (including phenoxy) is 3. The molecule has 11 N–H and O–H groups in total. The van der Waals surface area contributed by atoms with Crippen molar-refractivity contribution in [1.82, 2.24) is 10.6 Å². The fraction of sp³-hybridized carbons (Fsp3) is 0.842. The highest BCUT2D eigenvalue weighted by Gasteiger charge is 2.56. The van der Waals surface area contributed by atoms with Gasteiger partial charge in [0.2, 0.25) is 11.8 Å². The first-order valence-corrected chi connectivity index (χ1v) is 10.8. The van der Waals surface area contributed by atoms with Gasteiger partial charge in [0.05, 0.1) is 25.4 Å². The number of carbonyl (C=O) groups is 3. The average Bonchev–Trinajstić information content (AvgIpc) is 2.83. The molecule has 0 aromatic rings. The van der Waals surface area contributed by atoms with E-state index in [4.69, 9.17) is 24.4 Å². The first-order chi connectivity index (χ1) is 16.8. The molecule has 0 aliphatic carbocycles. The first kappa shape index (κ1) is 30.2. The maximum absolute atomic E-state index is 12.1. The zero-order chi connectivity index (χ0) is 27.4. The van der Waals surface area contributed by atoms with Crippen LogP contribution in [0.25, 0.3) is 0 Å². The lowest BCUT2D eigenvalue weighted by atomic mass is 9.88. The van der Waals surface area contributed by atoms with Crippen molar-refractivity contribution in [2.24, 2.45) is 0 Å². The van der Waals surface area contributed by atoms with Crippen molar-refractivity contribution in [3.63, 3.8) is 0 Å². The van der Waals surface area contributed by atoms with Crippen LogP contribution in [-0.2, 0) is 28.6 Å². The minimum atomic E-state index is -2.77. The fourth-order valence-corrected chi connectivity index (χ4v) is 3.97. The largest absolute Gasteiger partial charge is 0.477 e. The molecule has 2 heterocycles. The third kappa shape index (κ3) is 6.64. The Morgan fingerprint density at radius 2 is 1.69 bits per heavy atom. The van der Waals surface area contributed by atoms with Gasteiger partial charge in [-0.25, -0.2) is 4.79 Å². The molecule has 17 nitrogen and oxygen atoms in total. The summed E-state index contributed by atoms with van der Waals surface area (Å²) in [4.78, 5) is 35.0. The van der Waals surface area contributed by atoms with Crippen molar-refractivity contribution in [3.8, 4) is 0 Å². The van der Waals surface area contributed by atoms with Gasteiger partial charge in [-0.2, -0.15) is 0 Å². The number of carboxylic acid groups (broad SMARTS) is 1. The Balaban J connectivity index is 2.26. The monoisotopic (exact) mass is 528 g/mol. The standard InChI is InChI=1S/C19H32N2O15/c1-6(24)20-12-15(30)14(29)9(35-17(12)31)5-34-19(18(32)33)2-7(25)11(21-10(27)4-23)16(36-19)13(28)8(26)3-22/h7-9,11-17,22-23,25-26,28-31H,2-5H2,1H3,(H,20,24)(H,21,27)(H,32,33)/t7-,8+,9+,11+,12+,13+,14-,15+,16+,17?,19?/m0/s1. The topological polar surface area (TPSA) is 285 Å². The van der Waals surface area contributed by atoms with Crippen molar-refractivity contribution >= 4 is 17.8 Å². The van der Waals surface area contributed by atoms with Crippen LogP contribution in [0.3, 0.4) is 0 Å². The number of hydrogen-bond donors (Lipinski definition) is 11. The molecule has 0 aromatic carbocycles. The number of hydrogen-bond acceptors (Lipinski definition) is 14. The second-order valence-electron chi connectivity index (χ2n) is 8.49. The predicted octanol–water partition coefficient (Wildman–Crippen LogP) is -6.93. The molecule has 208 valence electrons. The number of carbonyl (C=O) groups excluding carboxylic acids is 2. The van der Waals surface area contributed by atoms with Crippen LogP contribution in [0.2, 0.25) is 0 Å². The van der Waals surface area contributed by atoms with E-state index in [9.17, 15) is 50.1 Å². The molecule has 2 aliphatic rings. The lowest BCUT2D eigenvalue weighted by Gasteiger charge is -2.47. The van der Waals surface area contributed by atoms with E-state index in [0.717, 1.165) is 6.92 Å². The van der Waals surface area contributed by atoms with E-state index in [-0.39, 0.29) is 0 Å².